The molecule has 106 valence electrons. The lowest BCUT2D eigenvalue weighted by Crippen LogP contribution is -2.01. The summed E-state index contributed by atoms with van der Waals surface area (Å²) in [6.45, 7) is 4.10. The van der Waals surface area contributed by atoms with Gasteiger partial charge in [0.1, 0.15) is 5.82 Å². The molecule has 1 aromatic heterocycles. The van der Waals surface area contributed by atoms with Crippen LogP contribution in [-0.2, 0) is 6.42 Å². The molecule has 21 heavy (non-hydrogen) atoms. The van der Waals surface area contributed by atoms with Gasteiger partial charge in [0.05, 0.1) is 4.88 Å². The van der Waals surface area contributed by atoms with Gasteiger partial charge in [-0.3, -0.25) is 4.79 Å². The van der Waals surface area contributed by atoms with Crippen molar-refractivity contribution < 1.29 is 9.18 Å². The van der Waals surface area contributed by atoms with Gasteiger partial charge in [0.15, 0.2) is 5.78 Å². The Morgan fingerprint density at radius 3 is 2.62 bits per heavy atom. The van der Waals surface area contributed by atoms with E-state index in [0.717, 1.165) is 15.6 Å². The van der Waals surface area contributed by atoms with Gasteiger partial charge in [-0.15, -0.1) is 11.3 Å². The van der Waals surface area contributed by atoms with E-state index < -0.39 is 0 Å². The van der Waals surface area contributed by atoms with Crippen LogP contribution in [0.25, 0.3) is 10.1 Å². The Bertz CT molecular complexity index is 832. The Labute approximate surface area is 127 Å². The molecular weight excluding hydrogens is 283 g/mol. The third kappa shape index (κ3) is 2.88. The molecule has 0 N–H and O–H groups in total. The van der Waals surface area contributed by atoms with Crippen LogP contribution < -0.4 is 0 Å². The van der Waals surface area contributed by atoms with Crippen molar-refractivity contribution in [2.45, 2.75) is 20.3 Å². The maximum atomic E-state index is 13.2. The van der Waals surface area contributed by atoms with Gasteiger partial charge in [-0.1, -0.05) is 24.3 Å². The summed E-state index contributed by atoms with van der Waals surface area (Å²) in [5, 5.41) is 0.921. The van der Waals surface area contributed by atoms with Gasteiger partial charge in [-0.2, -0.15) is 0 Å². The van der Waals surface area contributed by atoms with Crippen molar-refractivity contribution >= 4 is 27.2 Å². The maximum absolute atomic E-state index is 13.2. The fourth-order valence-corrected chi connectivity index (χ4v) is 3.35. The number of carbonyl (C=O) groups is 1. The molecule has 1 nitrogen and oxygen atoms in total. The molecule has 0 fully saturated rings. The summed E-state index contributed by atoms with van der Waals surface area (Å²) in [5.41, 5.74) is 3.44. The molecule has 0 unspecified atom stereocenters. The SMILES string of the molecule is Cc1ccc(CC(=O)c2cc3ccc(F)cc3s2)cc1C. The molecule has 1 heterocycles. The van der Waals surface area contributed by atoms with Crippen molar-refractivity contribution in [3.63, 3.8) is 0 Å². The summed E-state index contributed by atoms with van der Waals surface area (Å²) in [6, 6.07) is 12.6. The largest absolute Gasteiger partial charge is 0.293 e. The second-order valence-electron chi connectivity index (χ2n) is 5.31. The van der Waals surface area contributed by atoms with E-state index in [2.05, 4.69) is 13.0 Å². The lowest BCUT2D eigenvalue weighted by Gasteiger charge is -2.03. The van der Waals surface area contributed by atoms with Crippen molar-refractivity contribution in [1.82, 2.24) is 0 Å². The molecule has 2 aromatic carbocycles. The zero-order valence-corrected chi connectivity index (χ0v) is 12.8. The van der Waals surface area contributed by atoms with Crippen LogP contribution in [0.3, 0.4) is 0 Å². The van der Waals surface area contributed by atoms with Gasteiger partial charge < -0.3 is 0 Å². The molecule has 0 amide bonds. The van der Waals surface area contributed by atoms with Crippen molar-refractivity contribution in [2.24, 2.45) is 0 Å². The van der Waals surface area contributed by atoms with E-state index in [9.17, 15) is 9.18 Å². The lowest BCUT2D eigenvalue weighted by atomic mass is 10.0. The fraction of sp³-hybridized carbons (Fsp3) is 0.167. The third-order valence-electron chi connectivity index (χ3n) is 3.69. The first-order valence-corrected chi connectivity index (χ1v) is 7.63. The van der Waals surface area contributed by atoms with Crippen LogP contribution in [0.2, 0.25) is 0 Å². The topological polar surface area (TPSA) is 17.1 Å². The minimum absolute atomic E-state index is 0.0832. The predicted molar refractivity (Wildman–Crippen MR) is 85.7 cm³/mol. The summed E-state index contributed by atoms with van der Waals surface area (Å²) >= 11 is 1.36. The van der Waals surface area contributed by atoms with Crippen LogP contribution in [0.15, 0.2) is 42.5 Å². The van der Waals surface area contributed by atoms with Gasteiger partial charge in [0, 0.05) is 11.1 Å². The summed E-state index contributed by atoms with van der Waals surface area (Å²) in [6.07, 6.45) is 0.385. The molecule has 0 aliphatic heterocycles. The number of fused-ring (bicyclic) bond motifs is 1. The van der Waals surface area contributed by atoms with E-state index in [1.165, 1.54) is 34.6 Å². The van der Waals surface area contributed by atoms with Crippen LogP contribution in [0.5, 0.6) is 0 Å². The zero-order valence-electron chi connectivity index (χ0n) is 11.9. The standard InChI is InChI=1S/C18H15FOS/c1-11-3-4-13(7-12(11)2)8-16(20)18-9-14-5-6-15(19)10-17(14)21-18/h3-7,9-10H,8H2,1-2H3. The number of thiophene rings is 1. The molecule has 0 radical (unpaired) electrons. The molecule has 0 aliphatic carbocycles. The van der Waals surface area contributed by atoms with Crippen molar-refractivity contribution in [2.75, 3.05) is 0 Å². The maximum Gasteiger partial charge on any atom is 0.177 e. The predicted octanol–water partition coefficient (Wildman–Crippen LogP) is 5.08. The lowest BCUT2D eigenvalue weighted by molar-refractivity contribution is 0.0997. The molecule has 3 heteroatoms. The number of hydrogen-bond donors (Lipinski definition) is 0. The van der Waals surface area contributed by atoms with E-state index >= 15 is 0 Å². The summed E-state index contributed by atoms with van der Waals surface area (Å²) in [4.78, 5) is 13.1. The number of ketones is 1. The van der Waals surface area contributed by atoms with E-state index in [0.29, 0.717) is 11.3 Å². The summed E-state index contributed by atoms with van der Waals surface area (Å²) in [5.74, 6) is -0.183. The minimum atomic E-state index is -0.266. The highest BCUT2D eigenvalue weighted by molar-refractivity contribution is 7.20. The number of benzene rings is 2. The highest BCUT2D eigenvalue weighted by Crippen LogP contribution is 2.27. The molecule has 0 atom stereocenters. The number of Topliss-reactive ketones (excluding diaryl/α,β-unsaturated/α-hetero) is 1. The Morgan fingerprint density at radius 1 is 1.05 bits per heavy atom. The average Bonchev–Trinajstić information content (AvgIpc) is 2.86. The molecule has 3 rings (SSSR count). The van der Waals surface area contributed by atoms with E-state index in [-0.39, 0.29) is 11.6 Å². The quantitative estimate of drug-likeness (QED) is 0.616. The summed E-state index contributed by atoms with van der Waals surface area (Å²) < 4.78 is 14.0. The van der Waals surface area contributed by atoms with Gasteiger partial charge in [0.2, 0.25) is 0 Å². The molecule has 0 spiro atoms. The first kappa shape index (κ1) is 14.0. The molecule has 0 saturated carbocycles. The highest BCUT2D eigenvalue weighted by atomic mass is 32.1. The number of halogens is 1. The highest BCUT2D eigenvalue weighted by Gasteiger charge is 2.12. The molecular formula is C18H15FOS. The van der Waals surface area contributed by atoms with Gasteiger partial charge in [-0.25, -0.2) is 4.39 Å². The average molecular weight is 298 g/mol. The van der Waals surface area contributed by atoms with Gasteiger partial charge >= 0.3 is 0 Å². The molecule has 0 saturated heterocycles. The van der Waals surface area contributed by atoms with E-state index in [1.54, 1.807) is 6.07 Å². The first-order valence-electron chi connectivity index (χ1n) is 6.81. The second-order valence-corrected chi connectivity index (χ2v) is 6.40. The van der Waals surface area contributed by atoms with Crippen molar-refractivity contribution in [3.8, 4) is 0 Å². The van der Waals surface area contributed by atoms with E-state index in [1.807, 2.05) is 25.1 Å². The third-order valence-corrected chi connectivity index (χ3v) is 4.83. The summed E-state index contributed by atoms with van der Waals surface area (Å²) in [7, 11) is 0. The monoisotopic (exact) mass is 298 g/mol. The Balaban J connectivity index is 1.87. The Morgan fingerprint density at radius 2 is 1.86 bits per heavy atom. The van der Waals surface area contributed by atoms with Crippen LogP contribution in [0.4, 0.5) is 4.39 Å². The van der Waals surface area contributed by atoms with Crippen LogP contribution >= 0.6 is 11.3 Å². The number of aryl methyl sites for hydroxylation is 2. The van der Waals surface area contributed by atoms with Crippen LogP contribution in [-0.4, -0.2) is 5.78 Å². The first-order chi connectivity index (χ1) is 10.0. The van der Waals surface area contributed by atoms with Crippen molar-refractivity contribution in [1.29, 1.82) is 0 Å². The Hall–Kier alpha value is -2.00. The van der Waals surface area contributed by atoms with Crippen molar-refractivity contribution in [3.05, 3.63) is 69.8 Å². The fourth-order valence-electron chi connectivity index (χ4n) is 2.33. The Kier molecular flexibility index (Phi) is 3.60. The number of hydrogen-bond acceptors (Lipinski definition) is 2. The van der Waals surface area contributed by atoms with Gasteiger partial charge in [-0.05, 0) is 54.1 Å². The van der Waals surface area contributed by atoms with Gasteiger partial charge in [0.25, 0.3) is 0 Å². The molecule has 3 aromatic rings. The molecule has 0 aliphatic rings. The minimum Gasteiger partial charge on any atom is -0.293 e. The zero-order chi connectivity index (χ0) is 15.0. The molecule has 0 bridgehead atoms. The normalized spacial score (nSPS) is 11.0. The smallest absolute Gasteiger partial charge is 0.177 e. The van der Waals surface area contributed by atoms with Crippen LogP contribution in [0.1, 0.15) is 26.4 Å². The number of rotatable bonds is 3. The second kappa shape index (κ2) is 5.41. The van der Waals surface area contributed by atoms with Crippen LogP contribution in [0, 0.1) is 19.7 Å². The van der Waals surface area contributed by atoms with E-state index in [4.69, 9.17) is 0 Å². The number of carbonyl (C=O) groups excluding carboxylic acids is 1.